The molecule has 0 aliphatic carbocycles. The van der Waals surface area contributed by atoms with E-state index in [1.807, 2.05) is 18.3 Å². The average molecular weight is 397 g/mol. The van der Waals surface area contributed by atoms with Crippen LogP contribution in [0.25, 0.3) is 10.1 Å². The van der Waals surface area contributed by atoms with Crippen molar-refractivity contribution in [1.29, 1.82) is 0 Å². The van der Waals surface area contributed by atoms with Crippen LogP contribution in [0, 0.1) is 0 Å². The van der Waals surface area contributed by atoms with Gasteiger partial charge in [-0.2, -0.15) is 0 Å². The van der Waals surface area contributed by atoms with Gasteiger partial charge in [-0.25, -0.2) is 4.98 Å². The van der Waals surface area contributed by atoms with Gasteiger partial charge < -0.3 is 10.3 Å². The van der Waals surface area contributed by atoms with Gasteiger partial charge in [0.05, 0.1) is 11.4 Å². The number of aryl methyl sites for hydroxylation is 1. The number of benzene rings is 1. The molecule has 148 valence electrons. The number of primary amides is 1. The Kier molecular flexibility index (Phi) is 5.78. The van der Waals surface area contributed by atoms with Crippen LogP contribution in [0.1, 0.15) is 53.7 Å². The van der Waals surface area contributed by atoms with Crippen LogP contribution in [0.3, 0.4) is 0 Å². The molecule has 1 saturated heterocycles. The SMILES string of the molecule is CCn1ccnc1CN1CCCCC[C@H]1Cc1c(C(N)=O)sc2ccccc12. The van der Waals surface area contributed by atoms with E-state index in [1.54, 1.807) is 0 Å². The summed E-state index contributed by atoms with van der Waals surface area (Å²) in [7, 11) is 0. The van der Waals surface area contributed by atoms with Gasteiger partial charge >= 0.3 is 0 Å². The van der Waals surface area contributed by atoms with Gasteiger partial charge in [-0.15, -0.1) is 11.3 Å². The molecule has 0 radical (unpaired) electrons. The molecule has 5 nitrogen and oxygen atoms in total. The van der Waals surface area contributed by atoms with Gasteiger partial charge in [-0.1, -0.05) is 31.0 Å². The summed E-state index contributed by atoms with van der Waals surface area (Å²) in [6.45, 7) is 5.03. The quantitative estimate of drug-likeness (QED) is 0.679. The fraction of sp³-hybridized carbons (Fsp3) is 0.455. The minimum Gasteiger partial charge on any atom is -0.365 e. The molecule has 6 heteroatoms. The minimum absolute atomic E-state index is 0.308. The Balaban J connectivity index is 1.65. The van der Waals surface area contributed by atoms with Crippen LogP contribution in [-0.2, 0) is 19.5 Å². The molecule has 0 saturated carbocycles. The minimum atomic E-state index is -0.308. The summed E-state index contributed by atoms with van der Waals surface area (Å²) in [4.78, 5) is 20.0. The number of thiophene rings is 1. The standard InChI is InChI=1S/C22H28N4OS/c1-2-25-13-11-24-20(25)15-26-12-7-3-4-8-16(26)14-18-17-9-5-6-10-19(17)28-21(18)22(23)27/h5-6,9-11,13,16H,2-4,7-8,12,14-15H2,1H3,(H2,23,27)/t16-/m0/s1. The lowest BCUT2D eigenvalue weighted by atomic mass is 9.98. The maximum atomic E-state index is 12.1. The average Bonchev–Trinajstić information content (AvgIpc) is 3.23. The number of imidazole rings is 1. The Hall–Kier alpha value is -2.18. The highest BCUT2D eigenvalue weighted by atomic mass is 32.1. The number of carbonyl (C=O) groups is 1. The lowest BCUT2D eigenvalue weighted by molar-refractivity contribution is 0.100. The molecule has 1 aliphatic heterocycles. The number of carbonyl (C=O) groups excluding carboxylic acids is 1. The van der Waals surface area contributed by atoms with E-state index in [0.717, 1.165) is 53.4 Å². The highest BCUT2D eigenvalue weighted by Gasteiger charge is 2.26. The molecule has 28 heavy (non-hydrogen) atoms. The summed E-state index contributed by atoms with van der Waals surface area (Å²) in [6, 6.07) is 8.68. The molecule has 0 unspecified atom stereocenters. The van der Waals surface area contributed by atoms with Gasteiger partial charge in [0, 0.05) is 29.7 Å². The summed E-state index contributed by atoms with van der Waals surface area (Å²) < 4.78 is 3.37. The topological polar surface area (TPSA) is 64.2 Å². The number of amides is 1. The maximum Gasteiger partial charge on any atom is 0.259 e. The number of nitrogens with zero attached hydrogens (tertiary/aromatic N) is 3. The third-order valence-corrected chi connectivity index (χ3v) is 7.08. The molecular formula is C22H28N4OS. The molecule has 2 N–H and O–H groups in total. The Morgan fingerprint density at radius 3 is 2.96 bits per heavy atom. The molecule has 0 bridgehead atoms. The zero-order chi connectivity index (χ0) is 19.5. The van der Waals surface area contributed by atoms with Gasteiger partial charge in [0.25, 0.3) is 5.91 Å². The molecule has 1 aromatic carbocycles. The fourth-order valence-electron chi connectivity index (χ4n) is 4.37. The summed E-state index contributed by atoms with van der Waals surface area (Å²) in [6.07, 6.45) is 9.68. The second-order valence-corrected chi connectivity index (χ2v) is 8.63. The van der Waals surface area contributed by atoms with Gasteiger partial charge in [-0.05, 0) is 49.7 Å². The Morgan fingerprint density at radius 2 is 2.14 bits per heavy atom. The van der Waals surface area contributed by atoms with Crippen molar-refractivity contribution in [2.45, 2.75) is 58.2 Å². The van der Waals surface area contributed by atoms with E-state index in [0.29, 0.717) is 6.04 Å². The first-order valence-electron chi connectivity index (χ1n) is 10.2. The Labute approximate surface area is 170 Å². The predicted octanol–water partition coefficient (Wildman–Crippen LogP) is 4.20. The van der Waals surface area contributed by atoms with Crippen molar-refractivity contribution < 1.29 is 4.79 Å². The van der Waals surface area contributed by atoms with Crippen LogP contribution < -0.4 is 5.73 Å². The van der Waals surface area contributed by atoms with Crippen LogP contribution in [0.5, 0.6) is 0 Å². The summed E-state index contributed by atoms with van der Waals surface area (Å²) >= 11 is 1.53. The fourth-order valence-corrected chi connectivity index (χ4v) is 5.46. The van der Waals surface area contributed by atoms with Crippen molar-refractivity contribution in [2.75, 3.05) is 6.54 Å². The van der Waals surface area contributed by atoms with E-state index in [2.05, 4.69) is 39.7 Å². The Morgan fingerprint density at radius 1 is 1.29 bits per heavy atom. The number of nitrogens with two attached hydrogens (primary N) is 1. The smallest absolute Gasteiger partial charge is 0.259 e. The lowest BCUT2D eigenvalue weighted by Gasteiger charge is -2.30. The molecule has 3 heterocycles. The van der Waals surface area contributed by atoms with Crippen molar-refractivity contribution in [3.05, 3.63) is 52.9 Å². The molecule has 1 amide bonds. The van der Waals surface area contributed by atoms with E-state index in [-0.39, 0.29) is 5.91 Å². The van der Waals surface area contributed by atoms with Crippen LogP contribution in [0.2, 0.25) is 0 Å². The molecule has 4 rings (SSSR count). The van der Waals surface area contributed by atoms with Crippen molar-refractivity contribution in [1.82, 2.24) is 14.5 Å². The number of likely N-dealkylation sites (tertiary alicyclic amines) is 1. The number of rotatable bonds is 6. The zero-order valence-corrected chi connectivity index (χ0v) is 17.3. The third kappa shape index (κ3) is 3.84. The highest BCUT2D eigenvalue weighted by Crippen LogP contribution is 2.34. The van der Waals surface area contributed by atoms with Crippen molar-refractivity contribution in [2.24, 2.45) is 5.73 Å². The maximum absolute atomic E-state index is 12.1. The van der Waals surface area contributed by atoms with E-state index < -0.39 is 0 Å². The van der Waals surface area contributed by atoms with E-state index >= 15 is 0 Å². The summed E-state index contributed by atoms with van der Waals surface area (Å²) in [5.74, 6) is 0.817. The predicted molar refractivity (Wildman–Crippen MR) is 115 cm³/mol. The highest BCUT2D eigenvalue weighted by molar-refractivity contribution is 7.21. The van der Waals surface area contributed by atoms with Crippen LogP contribution in [-0.4, -0.2) is 32.9 Å². The monoisotopic (exact) mass is 396 g/mol. The van der Waals surface area contributed by atoms with E-state index in [4.69, 9.17) is 5.73 Å². The van der Waals surface area contributed by atoms with Crippen molar-refractivity contribution in [3.63, 3.8) is 0 Å². The zero-order valence-electron chi connectivity index (χ0n) is 16.4. The number of hydrogen-bond donors (Lipinski definition) is 1. The van der Waals surface area contributed by atoms with E-state index in [1.165, 1.54) is 36.0 Å². The normalized spacial score (nSPS) is 18.4. The van der Waals surface area contributed by atoms with Crippen LogP contribution in [0.15, 0.2) is 36.7 Å². The molecular weight excluding hydrogens is 368 g/mol. The molecule has 3 aromatic rings. The summed E-state index contributed by atoms with van der Waals surface area (Å²) in [5.41, 5.74) is 6.87. The molecule has 1 aliphatic rings. The second-order valence-electron chi connectivity index (χ2n) is 7.58. The van der Waals surface area contributed by atoms with Gasteiger partial charge in [0.15, 0.2) is 0 Å². The molecule has 0 spiro atoms. The molecule has 1 fully saturated rings. The first-order chi connectivity index (χ1) is 13.7. The van der Waals surface area contributed by atoms with Gasteiger partial charge in [-0.3, -0.25) is 9.69 Å². The third-order valence-electron chi connectivity index (χ3n) is 5.85. The van der Waals surface area contributed by atoms with Crippen molar-refractivity contribution in [3.8, 4) is 0 Å². The Bertz CT molecular complexity index is 961. The van der Waals surface area contributed by atoms with E-state index in [9.17, 15) is 4.79 Å². The van der Waals surface area contributed by atoms with Crippen LogP contribution in [0.4, 0.5) is 0 Å². The van der Waals surface area contributed by atoms with Crippen molar-refractivity contribution >= 4 is 27.3 Å². The summed E-state index contributed by atoms with van der Waals surface area (Å²) in [5, 5.41) is 1.18. The number of hydrogen-bond acceptors (Lipinski definition) is 4. The van der Waals surface area contributed by atoms with Gasteiger partial charge in [0.1, 0.15) is 5.82 Å². The largest absolute Gasteiger partial charge is 0.365 e. The van der Waals surface area contributed by atoms with Crippen LogP contribution >= 0.6 is 11.3 Å². The van der Waals surface area contributed by atoms with Gasteiger partial charge in [0.2, 0.25) is 0 Å². The second kappa shape index (κ2) is 8.45. The molecule has 1 atom stereocenters. The number of aromatic nitrogens is 2. The first-order valence-corrected chi connectivity index (χ1v) is 11.0. The lowest BCUT2D eigenvalue weighted by Crippen LogP contribution is -2.37. The first kappa shape index (κ1) is 19.2. The molecule has 2 aromatic heterocycles. The number of fused-ring (bicyclic) bond motifs is 1.